The van der Waals surface area contributed by atoms with Gasteiger partial charge in [0, 0.05) is 30.4 Å². The summed E-state index contributed by atoms with van der Waals surface area (Å²) in [5.74, 6) is 0.102. The van der Waals surface area contributed by atoms with E-state index in [4.69, 9.17) is 10.5 Å². The number of amides is 1. The summed E-state index contributed by atoms with van der Waals surface area (Å²) in [6, 6.07) is 11.8. The second-order valence-electron chi connectivity index (χ2n) is 7.72. The topological polar surface area (TPSA) is 106 Å². The van der Waals surface area contributed by atoms with E-state index in [0.29, 0.717) is 29.1 Å². The Balaban J connectivity index is 1.50. The molecule has 0 spiro atoms. The van der Waals surface area contributed by atoms with E-state index in [1.807, 2.05) is 0 Å². The van der Waals surface area contributed by atoms with Crippen LogP contribution in [0.4, 0.5) is 24.7 Å². The first-order valence-electron chi connectivity index (χ1n) is 10.5. The van der Waals surface area contributed by atoms with Crippen LogP contribution < -0.4 is 15.8 Å². The van der Waals surface area contributed by atoms with Crippen LogP contribution in [-0.2, 0) is 17.5 Å². The van der Waals surface area contributed by atoms with Crippen molar-refractivity contribution in [1.29, 1.82) is 0 Å². The summed E-state index contributed by atoms with van der Waals surface area (Å²) in [4.78, 5) is 19.8. The van der Waals surface area contributed by atoms with Crippen molar-refractivity contribution >= 4 is 23.6 Å². The third-order valence-electron chi connectivity index (χ3n) is 5.19. The molecule has 1 aliphatic heterocycles. The number of nitrogens with zero attached hydrogens (tertiary/aromatic N) is 4. The SMILES string of the molecule is C=CC(=O)Nc1cccc(Oc2ncnc(N)c2C2C=NN(Cc3cccc(C(F)(F)F)c3)C2)c1. The Kier molecular flexibility index (Phi) is 6.67. The quantitative estimate of drug-likeness (QED) is 0.478. The highest BCUT2D eigenvalue weighted by Gasteiger charge is 2.31. The van der Waals surface area contributed by atoms with Crippen molar-refractivity contribution in [1.82, 2.24) is 15.0 Å². The second kappa shape index (κ2) is 9.84. The van der Waals surface area contributed by atoms with Crippen molar-refractivity contribution in [2.75, 3.05) is 17.6 Å². The van der Waals surface area contributed by atoms with E-state index in [9.17, 15) is 18.0 Å². The van der Waals surface area contributed by atoms with Gasteiger partial charge >= 0.3 is 6.18 Å². The van der Waals surface area contributed by atoms with Gasteiger partial charge < -0.3 is 15.8 Å². The van der Waals surface area contributed by atoms with Crippen molar-refractivity contribution in [3.8, 4) is 11.6 Å². The van der Waals surface area contributed by atoms with E-state index >= 15 is 0 Å². The van der Waals surface area contributed by atoms with Gasteiger partial charge in [0.05, 0.1) is 17.7 Å². The van der Waals surface area contributed by atoms with Gasteiger partial charge in [-0.25, -0.2) is 9.97 Å². The van der Waals surface area contributed by atoms with E-state index < -0.39 is 11.7 Å². The van der Waals surface area contributed by atoms with Crippen LogP contribution in [0.5, 0.6) is 11.6 Å². The first-order valence-corrected chi connectivity index (χ1v) is 10.5. The molecule has 1 amide bonds. The average molecular weight is 482 g/mol. The lowest BCUT2D eigenvalue weighted by Crippen LogP contribution is -2.19. The molecule has 0 radical (unpaired) electrons. The van der Waals surface area contributed by atoms with Crippen LogP contribution >= 0.6 is 0 Å². The lowest BCUT2D eigenvalue weighted by atomic mass is 10.0. The number of hydrogen-bond donors (Lipinski definition) is 2. The molecule has 8 nitrogen and oxygen atoms in total. The molecule has 3 aromatic rings. The Labute approximate surface area is 198 Å². The zero-order valence-corrected chi connectivity index (χ0v) is 18.4. The average Bonchev–Trinajstić information content (AvgIpc) is 3.26. The Morgan fingerprint density at radius 3 is 2.80 bits per heavy atom. The van der Waals surface area contributed by atoms with Crippen molar-refractivity contribution < 1.29 is 22.7 Å². The summed E-state index contributed by atoms with van der Waals surface area (Å²) in [7, 11) is 0. The van der Waals surface area contributed by atoms with Crippen molar-refractivity contribution in [2.24, 2.45) is 5.10 Å². The number of anilines is 2. The number of nitrogens with one attached hydrogen (secondary N) is 1. The summed E-state index contributed by atoms with van der Waals surface area (Å²) < 4.78 is 45.0. The van der Waals surface area contributed by atoms with Crippen LogP contribution in [0.3, 0.4) is 0 Å². The van der Waals surface area contributed by atoms with E-state index in [-0.39, 0.29) is 30.1 Å². The fraction of sp³-hybridized carbons (Fsp3) is 0.167. The van der Waals surface area contributed by atoms with Gasteiger partial charge in [-0.1, -0.05) is 24.8 Å². The molecule has 2 aromatic carbocycles. The predicted octanol–water partition coefficient (Wildman–Crippen LogP) is 4.58. The molecule has 1 aromatic heterocycles. The van der Waals surface area contributed by atoms with Gasteiger partial charge in [0.25, 0.3) is 0 Å². The van der Waals surface area contributed by atoms with Crippen LogP contribution in [0.1, 0.15) is 22.6 Å². The van der Waals surface area contributed by atoms with Gasteiger partial charge in [0.15, 0.2) is 0 Å². The summed E-state index contributed by atoms with van der Waals surface area (Å²) in [5.41, 5.74) is 6.90. The minimum atomic E-state index is -4.42. The number of rotatable bonds is 7. The molecule has 0 bridgehead atoms. The molecule has 35 heavy (non-hydrogen) atoms. The molecule has 2 heterocycles. The highest BCUT2D eigenvalue weighted by Crippen LogP contribution is 2.35. The van der Waals surface area contributed by atoms with Gasteiger partial charge in [0.1, 0.15) is 17.9 Å². The number of carbonyl (C=O) groups is 1. The van der Waals surface area contributed by atoms with Crippen LogP contribution in [0.25, 0.3) is 0 Å². The monoisotopic (exact) mass is 482 g/mol. The van der Waals surface area contributed by atoms with Gasteiger partial charge in [-0.3, -0.25) is 9.80 Å². The zero-order chi connectivity index (χ0) is 25.0. The van der Waals surface area contributed by atoms with E-state index in [1.165, 1.54) is 12.4 Å². The molecule has 0 fully saturated rings. The number of aromatic nitrogens is 2. The Morgan fingerprint density at radius 1 is 1.23 bits per heavy atom. The van der Waals surface area contributed by atoms with Crippen molar-refractivity contribution in [3.63, 3.8) is 0 Å². The minimum absolute atomic E-state index is 0.186. The number of nitrogen functional groups attached to an aromatic ring is 1. The van der Waals surface area contributed by atoms with E-state index in [1.54, 1.807) is 41.6 Å². The highest BCUT2D eigenvalue weighted by atomic mass is 19.4. The first kappa shape index (κ1) is 23.7. The van der Waals surface area contributed by atoms with Gasteiger partial charge in [-0.2, -0.15) is 18.3 Å². The van der Waals surface area contributed by atoms with E-state index in [0.717, 1.165) is 18.2 Å². The Hall–Kier alpha value is -4.41. The maximum Gasteiger partial charge on any atom is 0.416 e. The third kappa shape index (κ3) is 5.75. The molecule has 0 saturated heterocycles. The maximum atomic E-state index is 13.0. The lowest BCUT2D eigenvalue weighted by Gasteiger charge is -2.19. The van der Waals surface area contributed by atoms with Crippen LogP contribution in [0.15, 0.2) is 72.6 Å². The summed E-state index contributed by atoms with van der Waals surface area (Å²) >= 11 is 0. The smallest absolute Gasteiger partial charge is 0.416 e. The largest absolute Gasteiger partial charge is 0.438 e. The Morgan fingerprint density at radius 2 is 2.03 bits per heavy atom. The molecule has 3 N–H and O–H groups in total. The second-order valence-corrected chi connectivity index (χ2v) is 7.72. The normalized spacial score (nSPS) is 15.2. The van der Waals surface area contributed by atoms with Crippen LogP contribution in [0, 0.1) is 0 Å². The number of nitrogens with two attached hydrogens (primary N) is 1. The number of carbonyl (C=O) groups excluding carboxylic acids is 1. The molecule has 1 unspecified atom stereocenters. The number of halogens is 3. The van der Waals surface area contributed by atoms with Gasteiger partial charge in [-0.05, 0) is 35.9 Å². The molecule has 0 saturated carbocycles. The molecule has 4 rings (SSSR count). The number of ether oxygens (including phenoxy) is 1. The first-order chi connectivity index (χ1) is 16.7. The van der Waals surface area contributed by atoms with Crippen molar-refractivity contribution in [2.45, 2.75) is 18.6 Å². The molecule has 1 atom stereocenters. The maximum absolute atomic E-state index is 13.0. The predicted molar refractivity (Wildman–Crippen MR) is 125 cm³/mol. The number of benzene rings is 2. The fourth-order valence-electron chi connectivity index (χ4n) is 3.59. The zero-order valence-electron chi connectivity index (χ0n) is 18.4. The van der Waals surface area contributed by atoms with Crippen molar-refractivity contribution in [3.05, 3.63) is 84.2 Å². The summed E-state index contributed by atoms with van der Waals surface area (Å²) in [5, 5.41) is 8.62. The molecule has 180 valence electrons. The number of hydrogen-bond acceptors (Lipinski definition) is 7. The summed E-state index contributed by atoms with van der Waals surface area (Å²) in [6.45, 7) is 3.95. The molecule has 0 aliphatic carbocycles. The standard InChI is InChI=1S/C24H21F3N6O2/c1-2-20(34)32-18-7-4-8-19(10-18)35-23-21(22(28)29-14-30-23)16-11-31-33(13-16)12-15-5-3-6-17(9-15)24(25,26)27/h2-11,14,16H,1,12-13H2,(H,32,34)(H2,28,29,30). The van der Waals surface area contributed by atoms with E-state index in [2.05, 4.69) is 27.0 Å². The number of alkyl halides is 3. The van der Waals surface area contributed by atoms with Gasteiger partial charge in [-0.15, -0.1) is 0 Å². The minimum Gasteiger partial charge on any atom is -0.438 e. The molecular formula is C24H21F3N6O2. The fourth-order valence-corrected chi connectivity index (χ4v) is 3.59. The Bertz CT molecular complexity index is 1280. The molecule has 1 aliphatic rings. The highest BCUT2D eigenvalue weighted by molar-refractivity contribution is 5.98. The summed E-state index contributed by atoms with van der Waals surface area (Å²) in [6.07, 6.45) is -0.359. The number of hydrazone groups is 1. The van der Waals surface area contributed by atoms with Crippen LogP contribution in [0.2, 0.25) is 0 Å². The third-order valence-corrected chi connectivity index (χ3v) is 5.19. The van der Waals surface area contributed by atoms with Gasteiger partial charge in [0.2, 0.25) is 11.8 Å². The lowest BCUT2D eigenvalue weighted by molar-refractivity contribution is -0.137. The molecular weight excluding hydrogens is 461 g/mol. The molecule has 11 heteroatoms. The van der Waals surface area contributed by atoms with Crippen LogP contribution in [-0.4, -0.2) is 33.6 Å².